The Kier molecular flexibility index (Phi) is 7.77. The molecule has 0 spiro atoms. The van der Waals surface area contributed by atoms with E-state index >= 15 is 0 Å². The summed E-state index contributed by atoms with van der Waals surface area (Å²) in [5, 5.41) is 0. The molecule has 0 saturated carbocycles. The van der Waals surface area contributed by atoms with Crippen LogP contribution in [-0.4, -0.2) is 20.6 Å². The van der Waals surface area contributed by atoms with Gasteiger partial charge in [-0.15, -0.1) is 0 Å². The molecule has 2 atom stereocenters. The van der Waals surface area contributed by atoms with Gasteiger partial charge in [0.2, 0.25) is 0 Å². The summed E-state index contributed by atoms with van der Waals surface area (Å²) in [5.74, 6) is 0.859. The minimum absolute atomic E-state index is 0.851. The van der Waals surface area contributed by atoms with Gasteiger partial charge in [-0.1, -0.05) is 36.4 Å². The maximum Gasteiger partial charge on any atom is 0.0198 e. The molecule has 68 valence electrons. The highest BCUT2D eigenvalue weighted by Gasteiger charge is 2.11. The first-order valence-electron chi connectivity index (χ1n) is 4.08. The molecular formula is C8H17I2N. The van der Waals surface area contributed by atoms with Crippen molar-refractivity contribution in [1.29, 1.82) is 0 Å². The van der Waals surface area contributed by atoms with E-state index in [9.17, 15) is 0 Å². The molecule has 3 heteroatoms. The zero-order valence-electron chi connectivity index (χ0n) is 7.48. The van der Waals surface area contributed by atoms with E-state index in [4.69, 9.17) is 0 Å². The van der Waals surface area contributed by atoms with Gasteiger partial charge in [0.15, 0.2) is 0 Å². The van der Waals surface area contributed by atoms with Gasteiger partial charge in [-0.25, -0.2) is 0 Å². The van der Waals surface area contributed by atoms with Gasteiger partial charge in [-0.3, -0.25) is 3.11 Å². The van der Waals surface area contributed by atoms with Crippen molar-refractivity contribution in [3.05, 3.63) is 0 Å². The molecule has 0 radical (unpaired) electrons. The summed E-state index contributed by atoms with van der Waals surface area (Å²) >= 11 is 4.90. The van der Waals surface area contributed by atoms with Gasteiger partial charge in [0.05, 0.1) is 0 Å². The van der Waals surface area contributed by atoms with Gasteiger partial charge >= 0.3 is 0 Å². The predicted molar refractivity (Wildman–Crippen MR) is 68.5 cm³/mol. The van der Waals surface area contributed by atoms with E-state index in [0.717, 1.165) is 9.84 Å². The second kappa shape index (κ2) is 6.88. The fourth-order valence-corrected chi connectivity index (χ4v) is 1.60. The van der Waals surface area contributed by atoms with E-state index in [1.807, 2.05) is 0 Å². The zero-order valence-corrected chi connectivity index (χ0v) is 11.8. The number of halogens is 2. The Balaban J connectivity index is 3.43. The fourth-order valence-electron chi connectivity index (χ4n) is 0.965. The van der Waals surface area contributed by atoms with Crippen molar-refractivity contribution in [3.8, 4) is 0 Å². The first kappa shape index (κ1) is 12.4. The van der Waals surface area contributed by atoms with Gasteiger partial charge in [-0.2, -0.15) is 0 Å². The fraction of sp³-hybridized carbons (Fsp3) is 1.00. The predicted octanol–water partition coefficient (Wildman–Crippen LogP) is 3.51. The summed E-state index contributed by atoms with van der Waals surface area (Å²) in [6.45, 7) is 5.82. The van der Waals surface area contributed by atoms with Crippen molar-refractivity contribution in [3.63, 3.8) is 0 Å². The maximum atomic E-state index is 2.56. The first-order chi connectivity index (χ1) is 5.07. The summed E-state index contributed by atoms with van der Waals surface area (Å²) in [4.78, 5) is 0. The van der Waals surface area contributed by atoms with Crippen LogP contribution in [0.4, 0.5) is 0 Å². The Morgan fingerprint density at radius 3 is 2.36 bits per heavy atom. The number of rotatable bonds is 5. The Bertz CT molecular complexity index is 96.1. The second-order valence-corrected chi connectivity index (χ2v) is 6.27. The lowest BCUT2D eigenvalue weighted by Gasteiger charge is -2.17. The van der Waals surface area contributed by atoms with Crippen LogP contribution in [0.3, 0.4) is 0 Å². The topological polar surface area (TPSA) is 3.24 Å². The molecule has 0 heterocycles. The van der Waals surface area contributed by atoms with Crippen LogP contribution in [0, 0.1) is 5.92 Å². The van der Waals surface area contributed by atoms with Gasteiger partial charge in [0.1, 0.15) is 0 Å². The SMILES string of the molecule is CCC(I)C(C)CCN(C)I. The maximum absolute atomic E-state index is 2.56. The van der Waals surface area contributed by atoms with Crippen LogP contribution in [0.1, 0.15) is 26.7 Å². The highest BCUT2D eigenvalue weighted by Crippen LogP contribution is 2.20. The average Bonchev–Trinajstić information content (AvgIpc) is 1.98. The molecule has 0 aromatic rings. The standard InChI is InChI=1S/C8H17I2N/c1-4-8(9)7(2)5-6-11(3)10/h7-8H,4-6H2,1-3H3. The van der Waals surface area contributed by atoms with Gasteiger partial charge in [-0.05, 0) is 25.8 Å². The Morgan fingerprint density at radius 1 is 1.45 bits per heavy atom. The van der Waals surface area contributed by atoms with Crippen molar-refractivity contribution in [2.45, 2.75) is 30.6 Å². The van der Waals surface area contributed by atoms with Crippen molar-refractivity contribution in [2.24, 2.45) is 5.92 Å². The molecule has 0 amide bonds. The molecule has 11 heavy (non-hydrogen) atoms. The van der Waals surface area contributed by atoms with Gasteiger partial charge < -0.3 is 0 Å². The summed E-state index contributed by atoms with van der Waals surface area (Å²) in [5.41, 5.74) is 0. The highest BCUT2D eigenvalue weighted by atomic mass is 127. The largest absolute Gasteiger partial charge is 0.251 e. The molecule has 0 fully saturated rings. The Hall–Kier alpha value is 1.42. The summed E-state index contributed by atoms with van der Waals surface area (Å²) in [7, 11) is 2.13. The van der Waals surface area contributed by atoms with Crippen molar-refractivity contribution in [2.75, 3.05) is 13.6 Å². The third-order valence-corrected chi connectivity index (χ3v) is 4.49. The molecule has 0 aliphatic rings. The number of nitrogens with zero attached hydrogens (tertiary/aromatic N) is 1. The zero-order chi connectivity index (χ0) is 8.85. The van der Waals surface area contributed by atoms with Crippen molar-refractivity contribution < 1.29 is 0 Å². The lowest BCUT2D eigenvalue weighted by atomic mass is 10.0. The molecule has 0 rings (SSSR count). The lowest BCUT2D eigenvalue weighted by Crippen LogP contribution is -2.16. The third kappa shape index (κ3) is 6.57. The smallest absolute Gasteiger partial charge is 0.0198 e. The quantitative estimate of drug-likeness (QED) is 0.401. The molecule has 2 unspecified atom stereocenters. The minimum atomic E-state index is 0.851. The summed E-state index contributed by atoms with van der Waals surface area (Å²) in [6.07, 6.45) is 2.62. The molecule has 0 saturated heterocycles. The third-order valence-electron chi connectivity index (χ3n) is 1.90. The number of hydrogen-bond donors (Lipinski definition) is 0. The van der Waals surface area contributed by atoms with Crippen LogP contribution in [0.25, 0.3) is 0 Å². The normalized spacial score (nSPS) is 16.9. The average molecular weight is 381 g/mol. The van der Waals surface area contributed by atoms with E-state index in [2.05, 4.69) is 69.5 Å². The van der Waals surface area contributed by atoms with Gasteiger partial charge in [0, 0.05) is 33.3 Å². The summed E-state index contributed by atoms with van der Waals surface area (Å²) in [6, 6.07) is 0. The molecule has 0 aromatic heterocycles. The van der Waals surface area contributed by atoms with Gasteiger partial charge in [0.25, 0.3) is 0 Å². The molecule has 0 aliphatic carbocycles. The minimum Gasteiger partial charge on any atom is -0.251 e. The Morgan fingerprint density at radius 2 is 2.00 bits per heavy atom. The van der Waals surface area contributed by atoms with Crippen LogP contribution in [0.2, 0.25) is 0 Å². The van der Waals surface area contributed by atoms with Crippen molar-refractivity contribution >= 4 is 45.5 Å². The number of hydrogen-bond acceptors (Lipinski definition) is 1. The van der Waals surface area contributed by atoms with Crippen LogP contribution < -0.4 is 0 Å². The molecule has 0 N–H and O–H groups in total. The lowest BCUT2D eigenvalue weighted by molar-refractivity contribution is 0.457. The van der Waals surface area contributed by atoms with E-state index < -0.39 is 0 Å². The Labute approximate surface area is 97.9 Å². The van der Waals surface area contributed by atoms with E-state index in [-0.39, 0.29) is 0 Å². The van der Waals surface area contributed by atoms with E-state index in [1.165, 1.54) is 19.4 Å². The summed E-state index contributed by atoms with van der Waals surface area (Å²) < 4.78 is 3.08. The molecular weight excluding hydrogens is 364 g/mol. The van der Waals surface area contributed by atoms with Crippen molar-refractivity contribution in [1.82, 2.24) is 3.11 Å². The molecule has 1 nitrogen and oxygen atoms in total. The molecule has 0 aromatic carbocycles. The monoisotopic (exact) mass is 381 g/mol. The van der Waals surface area contributed by atoms with E-state index in [1.54, 1.807) is 0 Å². The molecule has 0 bridgehead atoms. The van der Waals surface area contributed by atoms with Crippen LogP contribution in [0.5, 0.6) is 0 Å². The second-order valence-electron chi connectivity index (χ2n) is 3.02. The highest BCUT2D eigenvalue weighted by molar-refractivity contribution is 14.1. The van der Waals surface area contributed by atoms with Crippen LogP contribution in [-0.2, 0) is 0 Å². The van der Waals surface area contributed by atoms with E-state index in [0.29, 0.717) is 0 Å². The first-order valence-corrected chi connectivity index (χ1v) is 6.30. The number of alkyl halides is 1. The van der Waals surface area contributed by atoms with Crippen LogP contribution >= 0.6 is 45.5 Å². The molecule has 0 aliphatic heterocycles. The van der Waals surface area contributed by atoms with Crippen LogP contribution in [0.15, 0.2) is 0 Å².